The van der Waals surface area contributed by atoms with Crippen molar-refractivity contribution in [2.24, 2.45) is 16.1 Å². The van der Waals surface area contributed by atoms with E-state index in [2.05, 4.69) is 23.0 Å². The van der Waals surface area contributed by atoms with Crippen LogP contribution in [0, 0.1) is 16.7 Å². The van der Waals surface area contributed by atoms with E-state index in [0.717, 1.165) is 24.8 Å². The second kappa shape index (κ2) is 4.83. The zero-order valence-corrected chi connectivity index (χ0v) is 9.21. The van der Waals surface area contributed by atoms with Gasteiger partial charge in [-0.2, -0.15) is 5.26 Å². The quantitative estimate of drug-likeness (QED) is 0.412. The summed E-state index contributed by atoms with van der Waals surface area (Å²) in [6, 6.07) is 2.33. The van der Waals surface area contributed by atoms with E-state index in [1.807, 2.05) is 6.92 Å². The third-order valence-corrected chi connectivity index (χ3v) is 2.67. The van der Waals surface area contributed by atoms with Gasteiger partial charge in [0.05, 0.1) is 18.0 Å². The molecule has 1 saturated carbocycles. The van der Waals surface area contributed by atoms with Crippen LogP contribution in [0.3, 0.4) is 0 Å². The van der Waals surface area contributed by atoms with E-state index in [9.17, 15) is 0 Å². The maximum atomic E-state index is 8.97. The highest BCUT2D eigenvalue weighted by molar-refractivity contribution is 5.78. The highest BCUT2D eigenvalue weighted by Crippen LogP contribution is 2.40. The average Bonchev–Trinajstić information content (AvgIpc) is 2.14. The number of rotatable bonds is 4. The van der Waals surface area contributed by atoms with Crippen molar-refractivity contribution in [2.45, 2.75) is 26.2 Å². The summed E-state index contributed by atoms with van der Waals surface area (Å²) in [6.45, 7) is 6.82. The maximum Gasteiger partial charge on any atom is 0.188 e. The highest BCUT2D eigenvalue weighted by Gasteiger charge is 2.36. The van der Waals surface area contributed by atoms with Gasteiger partial charge in [0.25, 0.3) is 0 Å². The number of nitrogens with zero attached hydrogens (tertiary/aromatic N) is 2. The summed E-state index contributed by atoms with van der Waals surface area (Å²) in [5.41, 5.74) is 6.42. The lowest BCUT2D eigenvalue weighted by molar-refractivity contribution is 0.226. The Morgan fingerprint density at radius 1 is 1.67 bits per heavy atom. The van der Waals surface area contributed by atoms with E-state index in [-0.39, 0.29) is 5.41 Å². The minimum Gasteiger partial charge on any atom is -0.370 e. The van der Waals surface area contributed by atoms with E-state index in [1.165, 1.54) is 0 Å². The van der Waals surface area contributed by atoms with Gasteiger partial charge in [-0.05, 0) is 19.8 Å². The van der Waals surface area contributed by atoms with E-state index in [1.54, 1.807) is 0 Å². The van der Waals surface area contributed by atoms with Crippen LogP contribution in [0.25, 0.3) is 0 Å². The molecule has 4 heteroatoms. The Hall–Kier alpha value is -1.50. The molecule has 15 heavy (non-hydrogen) atoms. The van der Waals surface area contributed by atoms with Crippen molar-refractivity contribution in [2.75, 3.05) is 13.1 Å². The van der Waals surface area contributed by atoms with Gasteiger partial charge in [0.2, 0.25) is 0 Å². The van der Waals surface area contributed by atoms with Crippen LogP contribution in [0.1, 0.15) is 26.2 Å². The van der Waals surface area contributed by atoms with Crippen LogP contribution in [-0.2, 0) is 0 Å². The molecule has 0 atom stereocenters. The lowest BCUT2D eigenvalue weighted by atomic mass is 9.70. The average molecular weight is 206 g/mol. The molecular weight excluding hydrogens is 188 g/mol. The molecule has 0 aromatic heterocycles. The Kier molecular flexibility index (Phi) is 3.73. The molecule has 4 nitrogen and oxygen atoms in total. The Morgan fingerprint density at radius 3 is 2.73 bits per heavy atom. The number of aliphatic imine (C=N–C) groups is 1. The van der Waals surface area contributed by atoms with Gasteiger partial charge < -0.3 is 11.1 Å². The predicted molar refractivity (Wildman–Crippen MR) is 61.2 cm³/mol. The topological polar surface area (TPSA) is 74.2 Å². The number of hydrogen-bond acceptors (Lipinski definition) is 2. The lowest BCUT2D eigenvalue weighted by Crippen LogP contribution is -2.36. The predicted octanol–water partition coefficient (Wildman–Crippen LogP) is 1.16. The van der Waals surface area contributed by atoms with Crippen molar-refractivity contribution in [1.29, 1.82) is 5.26 Å². The second-order valence-corrected chi connectivity index (χ2v) is 4.26. The lowest BCUT2D eigenvalue weighted by Gasteiger charge is -2.33. The van der Waals surface area contributed by atoms with Gasteiger partial charge in [-0.15, -0.1) is 0 Å². The third-order valence-electron chi connectivity index (χ3n) is 2.67. The molecule has 0 spiro atoms. The summed E-state index contributed by atoms with van der Waals surface area (Å²) in [7, 11) is 0. The third kappa shape index (κ3) is 3.28. The Balaban J connectivity index is 2.36. The Bertz CT molecular complexity index is 307. The van der Waals surface area contributed by atoms with Crippen LogP contribution in [0.5, 0.6) is 0 Å². The van der Waals surface area contributed by atoms with E-state index in [0.29, 0.717) is 19.0 Å². The summed E-state index contributed by atoms with van der Waals surface area (Å²) in [4.78, 5) is 4.18. The van der Waals surface area contributed by atoms with Gasteiger partial charge in [-0.1, -0.05) is 18.6 Å². The first-order valence-corrected chi connectivity index (χ1v) is 5.17. The van der Waals surface area contributed by atoms with Crippen LogP contribution in [-0.4, -0.2) is 19.0 Å². The first kappa shape index (κ1) is 11.6. The molecule has 0 saturated heterocycles. The number of nitrogens with one attached hydrogen (secondary N) is 1. The normalized spacial score (nSPS) is 18.8. The zero-order chi connectivity index (χ0) is 11.3. The van der Waals surface area contributed by atoms with Gasteiger partial charge in [0, 0.05) is 6.54 Å². The smallest absolute Gasteiger partial charge is 0.188 e. The molecule has 0 heterocycles. The standard InChI is InChI=1S/C11H18N4/c1-9(2)6-14-10(13)15-8-11(7-12)4-3-5-11/h1,3-6,8H2,2H3,(H3,13,14,15). The summed E-state index contributed by atoms with van der Waals surface area (Å²) >= 11 is 0. The number of nitrogens with two attached hydrogens (primary N) is 1. The SMILES string of the molecule is C=C(C)CNC(N)=NCC1(C#N)CCC1. The summed E-state index contributed by atoms with van der Waals surface area (Å²) in [5, 5.41) is 11.9. The molecule has 1 fully saturated rings. The second-order valence-electron chi connectivity index (χ2n) is 4.26. The van der Waals surface area contributed by atoms with Crippen LogP contribution in [0.15, 0.2) is 17.1 Å². The van der Waals surface area contributed by atoms with Crippen molar-refractivity contribution >= 4 is 5.96 Å². The first-order chi connectivity index (χ1) is 7.08. The minimum absolute atomic E-state index is 0.241. The molecule has 0 bridgehead atoms. The molecule has 1 aliphatic rings. The molecule has 0 unspecified atom stereocenters. The number of hydrogen-bond donors (Lipinski definition) is 2. The molecule has 82 valence electrons. The molecule has 1 rings (SSSR count). The van der Waals surface area contributed by atoms with Crippen LogP contribution >= 0.6 is 0 Å². The van der Waals surface area contributed by atoms with Gasteiger partial charge in [-0.3, -0.25) is 4.99 Å². The summed E-state index contributed by atoms with van der Waals surface area (Å²) in [5.74, 6) is 0.402. The van der Waals surface area contributed by atoms with E-state index < -0.39 is 0 Å². The minimum atomic E-state index is -0.241. The number of nitriles is 1. The Morgan fingerprint density at radius 2 is 2.33 bits per heavy atom. The number of guanidine groups is 1. The van der Waals surface area contributed by atoms with Crippen molar-refractivity contribution in [3.63, 3.8) is 0 Å². The molecular formula is C11H18N4. The summed E-state index contributed by atoms with van der Waals surface area (Å²) in [6.07, 6.45) is 3.02. The Labute approximate surface area is 90.9 Å². The summed E-state index contributed by atoms with van der Waals surface area (Å²) < 4.78 is 0. The van der Waals surface area contributed by atoms with Crippen LogP contribution < -0.4 is 11.1 Å². The van der Waals surface area contributed by atoms with Gasteiger partial charge in [-0.25, -0.2) is 0 Å². The molecule has 0 amide bonds. The van der Waals surface area contributed by atoms with E-state index in [4.69, 9.17) is 11.0 Å². The fourth-order valence-electron chi connectivity index (χ4n) is 1.44. The molecule has 0 aromatic carbocycles. The molecule has 0 aliphatic heterocycles. The largest absolute Gasteiger partial charge is 0.370 e. The van der Waals surface area contributed by atoms with Gasteiger partial charge >= 0.3 is 0 Å². The van der Waals surface area contributed by atoms with Crippen LogP contribution in [0.4, 0.5) is 0 Å². The van der Waals surface area contributed by atoms with Gasteiger partial charge in [0.1, 0.15) is 0 Å². The highest BCUT2D eigenvalue weighted by atomic mass is 15.1. The zero-order valence-electron chi connectivity index (χ0n) is 9.21. The van der Waals surface area contributed by atoms with Crippen molar-refractivity contribution in [3.05, 3.63) is 12.2 Å². The maximum absolute atomic E-state index is 8.97. The van der Waals surface area contributed by atoms with Gasteiger partial charge in [0.15, 0.2) is 5.96 Å². The molecule has 1 aliphatic carbocycles. The fraction of sp³-hybridized carbons (Fsp3) is 0.636. The first-order valence-electron chi connectivity index (χ1n) is 5.17. The molecule has 0 aromatic rings. The molecule has 0 radical (unpaired) electrons. The van der Waals surface area contributed by atoms with Crippen molar-refractivity contribution in [1.82, 2.24) is 5.32 Å². The molecule has 3 N–H and O–H groups in total. The fourth-order valence-corrected chi connectivity index (χ4v) is 1.44. The van der Waals surface area contributed by atoms with Crippen molar-refractivity contribution < 1.29 is 0 Å². The van der Waals surface area contributed by atoms with E-state index >= 15 is 0 Å². The monoisotopic (exact) mass is 206 g/mol. The van der Waals surface area contributed by atoms with Crippen LogP contribution in [0.2, 0.25) is 0 Å². The van der Waals surface area contributed by atoms with Crippen molar-refractivity contribution in [3.8, 4) is 6.07 Å².